The molecule has 0 spiro atoms. The fourth-order valence-corrected chi connectivity index (χ4v) is 1.85. The van der Waals surface area contributed by atoms with Crippen molar-refractivity contribution in [1.82, 2.24) is 0 Å². The van der Waals surface area contributed by atoms with Crippen LogP contribution in [-0.4, -0.2) is 28.9 Å². The number of benzene rings is 1. The van der Waals surface area contributed by atoms with Crippen LogP contribution in [0.1, 0.15) is 16.8 Å². The lowest BCUT2D eigenvalue weighted by Crippen LogP contribution is -2.37. The molecule has 0 atom stereocenters. The van der Waals surface area contributed by atoms with Crippen molar-refractivity contribution in [3.8, 4) is 0 Å². The van der Waals surface area contributed by atoms with Gasteiger partial charge in [0, 0.05) is 5.56 Å². The first-order chi connectivity index (χ1) is 8.54. The average molecular weight is 246 g/mol. The molecule has 0 radical (unpaired) electrons. The van der Waals surface area contributed by atoms with Crippen LogP contribution < -0.4 is 0 Å². The Morgan fingerprint density at radius 1 is 1.22 bits per heavy atom. The van der Waals surface area contributed by atoms with Crippen LogP contribution >= 0.6 is 0 Å². The first-order valence-electron chi connectivity index (χ1n) is 5.54. The van der Waals surface area contributed by atoms with Crippen molar-refractivity contribution < 1.29 is 19.7 Å². The van der Waals surface area contributed by atoms with Gasteiger partial charge in [-0.1, -0.05) is 30.3 Å². The van der Waals surface area contributed by atoms with Gasteiger partial charge in [0.2, 0.25) is 5.79 Å². The van der Waals surface area contributed by atoms with Crippen LogP contribution in [0.4, 0.5) is 0 Å². The highest BCUT2D eigenvalue weighted by Gasteiger charge is 2.37. The van der Waals surface area contributed by atoms with Gasteiger partial charge in [-0.05, 0) is 12.2 Å². The number of allylic oxidation sites excluding steroid dienone is 2. The second kappa shape index (κ2) is 4.76. The van der Waals surface area contributed by atoms with Crippen LogP contribution in [-0.2, 0) is 4.74 Å². The Balaban J connectivity index is 2.36. The Kier molecular flexibility index (Phi) is 3.32. The largest absolute Gasteiger partial charge is 0.501 e. The molecule has 1 aliphatic carbocycles. The number of ketones is 1. The molecule has 1 aromatic carbocycles. The molecule has 18 heavy (non-hydrogen) atoms. The number of ether oxygens (including phenoxy) is 1. The SMILES string of the molecule is COC1=CC=C(C(=O)c2ccccc2)C(O)(O)C1. The zero-order valence-electron chi connectivity index (χ0n) is 9.96. The minimum absolute atomic E-state index is 0.0468. The predicted molar refractivity (Wildman–Crippen MR) is 65.7 cm³/mol. The highest BCUT2D eigenvalue weighted by atomic mass is 16.5. The van der Waals surface area contributed by atoms with E-state index in [1.165, 1.54) is 13.2 Å². The van der Waals surface area contributed by atoms with Gasteiger partial charge in [-0.15, -0.1) is 0 Å². The van der Waals surface area contributed by atoms with E-state index in [9.17, 15) is 15.0 Å². The first kappa shape index (κ1) is 12.5. The standard InChI is InChI=1S/C14H14O4/c1-18-11-7-8-12(14(16,17)9-11)13(15)10-5-3-2-4-6-10/h2-8,16-17H,9H2,1H3. The molecule has 4 nitrogen and oxygen atoms in total. The minimum atomic E-state index is -2.19. The van der Waals surface area contributed by atoms with Crippen LogP contribution in [0.5, 0.6) is 0 Å². The quantitative estimate of drug-likeness (QED) is 0.625. The molecule has 0 fully saturated rings. The number of hydrogen-bond donors (Lipinski definition) is 2. The molecule has 1 aliphatic rings. The molecule has 0 amide bonds. The van der Waals surface area contributed by atoms with Gasteiger partial charge in [-0.25, -0.2) is 0 Å². The normalized spacial score (nSPS) is 17.7. The average Bonchev–Trinajstić information content (AvgIpc) is 2.38. The predicted octanol–water partition coefficient (Wildman–Crippen LogP) is 1.41. The monoisotopic (exact) mass is 246 g/mol. The van der Waals surface area contributed by atoms with Crippen LogP contribution in [0.3, 0.4) is 0 Å². The number of aliphatic hydroxyl groups is 2. The summed E-state index contributed by atoms with van der Waals surface area (Å²) in [7, 11) is 1.44. The van der Waals surface area contributed by atoms with Crippen LogP contribution in [0.25, 0.3) is 0 Å². The lowest BCUT2D eigenvalue weighted by molar-refractivity contribution is -0.130. The maximum atomic E-state index is 12.2. The molecule has 2 rings (SSSR count). The second-order valence-corrected chi connectivity index (χ2v) is 4.11. The molecular weight excluding hydrogens is 232 g/mol. The lowest BCUT2D eigenvalue weighted by Gasteiger charge is -2.27. The summed E-state index contributed by atoms with van der Waals surface area (Å²) in [6.07, 6.45) is 2.83. The van der Waals surface area contributed by atoms with Crippen LogP contribution in [0.2, 0.25) is 0 Å². The zero-order valence-corrected chi connectivity index (χ0v) is 9.96. The number of hydrogen-bond acceptors (Lipinski definition) is 4. The Bertz CT molecular complexity index is 512. The summed E-state index contributed by atoms with van der Waals surface area (Å²) < 4.78 is 4.95. The van der Waals surface area contributed by atoms with Crippen LogP contribution in [0, 0.1) is 0 Å². The number of rotatable bonds is 3. The number of carbonyl (C=O) groups excluding carboxylic acids is 1. The number of Topliss-reactive ketones (excluding diaryl/α,β-unsaturated/α-hetero) is 1. The molecule has 0 unspecified atom stereocenters. The smallest absolute Gasteiger partial charge is 0.200 e. The van der Waals surface area contributed by atoms with E-state index in [1.807, 2.05) is 0 Å². The summed E-state index contributed by atoms with van der Waals surface area (Å²) >= 11 is 0. The first-order valence-corrected chi connectivity index (χ1v) is 5.54. The summed E-state index contributed by atoms with van der Waals surface area (Å²) in [6.45, 7) is 0. The third kappa shape index (κ3) is 2.34. The number of carbonyl (C=O) groups is 1. The molecule has 0 aromatic heterocycles. The summed E-state index contributed by atoms with van der Waals surface area (Å²) in [5.41, 5.74) is 0.375. The third-order valence-corrected chi connectivity index (χ3v) is 2.83. The van der Waals surface area contributed by atoms with Gasteiger partial charge >= 0.3 is 0 Å². The summed E-state index contributed by atoms with van der Waals surface area (Å²) in [5.74, 6) is -2.16. The van der Waals surface area contributed by atoms with E-state index in [1.54, 1.807) is 36.4 Å². The van der Waals surface area contributed by atoms with Crippen molar-refractivity contribution in [2.24, 2.45) is 0 Å². The summed E-state index contributed by atoms with van der Waals surface area (Å²) in [5, 5.41) is 19.8. The summed E-state index contributed by atoms with van der Waals surface area (Å²) in [6, 6.07) is 8.51. The highest BCUT2D eigenvalue weighted by Crippen LogP contribution is 2.29. The van der Waals surface area contributed by atoms with Gasteiger partial charge in [0.15, 0.2) is 5.78 Å². The van der Waals surface area contributed by atoms with E-state index < -0.39 is 11.6 Å². The third-order valence-electron chi connectivity index (χ3n) is 2.83. The van der Waals surface area contributed by atoms with Gasteiger partial charge < -0.3 is 14.9 Å². The zero-order chi connectivity index (χ0) is 13.2. The highest BCUT2D eigenvalue weighted by molar-refractivity contribution is 6.10. The van der Waals surface area contributed by atoms with Crippen LogP contribution in [0.15, 0.2) is 53.8 Å². The fourth-order valence-electron chi connectivity index (χ4n) is 1.85. The maximum Gasteiger partial charge on any atom is 0.200 e. The molecule has 4 heteroatoms. The van der Waals surface area contributed by atoms with Crippen molar-refractivity contribution >= 4 is 5.78 Å². The molecule has 94 valence electrons. The summed E-state index contributed by atoms with van der Waals surface area (Å²) in [4.78, 5) is 12.2. The Morgan fingerprint density at radius 3 is 2.44 bits per heavy atom. The maximum absolute atomic E-state index is 12.2. The molecule has 0 aliphatic heterocycles. The topological polar surface area (TPSA) is 66.8 Å². The molecule has 0 saturated carbocycles. The molecule has 1 aromatic rings. The van der Waals surface area contributed by atoms with Crippen molar-refractivity contribution in [1.29, 1.82) is 0 Å². The molecule has 0 bridgehead atoms. The molecule has 2 N–H and O–H groups in total. The van der Waals surface area contributed by atoms with Crippen molar-refractivity contribution in [3.05, 3.63) is 59.4 Å². The van der Waals surface area contributed by atoms with E-state index in [4.69, 9.17) is 4.74 Å². The van der Waals surface area contributed by atoms with Gasteiger partial charge in [-0.2, -0.15) is 0 Å². The van der Waals surface area contributed by atoms with Gasteiger partial charge in [0.1, 0.15) is 5.76 Å². The van der Waals surface area contributed by atoms with Crippen molar-refractivity contribution in [2.45, 2.75) is 12.2 Å². The number of methoxy groups -OCH3 is 1. The Labute approximate surface area is 105 Å². The van der Waals surface area contributed by atoms with E-state index in [-0.39, 0.29) is 12.0 Å². The molecular formula is C14H14O4. The Morgan fingerprint density at radius 2 is 1.89 bits per heavy atom. The lowest BCUT2D eigenvalue weighted by atomic mass is 9.90. The second-order valence-electron chi connectivity index (χ2n) is 4.11. The van der Waals surface area contributed by atoms with E-state index in [0.717, 1.165) is 0 Å². The van der Waals surface area contributed by atoms with E-state index in [0.29, 0.717) is 11.3 Å². The van der Waals surface area contributed by atoms with Crippen molar-refractivity contribution in [2.75, 3.05) is 7.11 Å². The molecule has 0 heterocycles. The van der Waals surface area contributed by atoms with E-state index >= 15 is 0 Å². The van der Waals surface area contributed by atoms with Gasteiger partial charge in [0.25, 0.3) is 0 Å². The Hall–Kier alpha value is -1.91. The fraction of sp³-hybridized carbons (Fsp3) is 0.214. The van der Waals surface area contributed by atoms with Crippen molar-refractivity contribution in [3.63, 3.8) is 0 Å². The molecule has 0 saturated heterocycles. The van der Waals surface area contributed by atoms with Gasteiger partial charge in [-0.3, -0.25) is 4.79 Å². The van der Waals surface area contributed by atoms with E-state index in [2.05, 4.69) is 0 Å². The minimum Gasteiger partial charge on any atom is -0.501 e. The van der Waals surface area contributed by atoms with Gasteiger partial charge in [0.05, 0.1) is 19.1 Å².